The molecule has 0 heterocycles. The molecule has 21 heavy (non-hydrogen) atoms. The highest BCUT2D eigenvalue weighted by Gasteiger charge is 2.14. The van der Waals surface area contributed by atoms with Gasteiger partial charge in [-0.2, -0.15) is 0 Å². The average molecular weight is 333 g/mol. The van der Waals surface area contributed by atoms with Gasteiger partial charge in [0.1, 0.15) is 0 Å². The van der Waals surface area contributed by atoms with Crippen LogP contribution in [0.3, 0.4) is 0 Å². The van der Waals surface area contributed by atoms with E-state index < -0.39 is 20.8 Å². The molecular formula is C13H19NO5S2. The van der Waals surface area contributed by atoms with Gasteiger partial charge in [0.25, 0.3) is 0 Å². The lowest BCUT2D eigenvalue weighted by atomic mass is 10.2. The predicted molar refractivity (Wildman–Crippen MR) is 80.9 cm³/mol. The summed E-state index contributed by atoms with van der Waals surface area (Å²) in [6, 6.07) is 5.99. The minimum absolute atomic E-state index is 0.0970. The molecule has 0 aliphatic carbocycles. The SMILES string of the molecule is CCS(=O)CCNS(=O)(=O)c1ccc(CC(=O)OC)cc1. The van der Waals surface area contributed by atoms with Crippen molar-refractivity contribution in [3.05, 3.63) is 29.8 Å². The zero-order valence-corrected chi connectivity index (χ0v) is 13.6. The van der Waals surface area contributed by atoms with Crippen molar-refractivity contribution in [1.29, 1.82) is 0 Å². The minimum atomic E-state index is -3.62. The summed E-state index contributed by atoms with van der Waals surface area (Å²) in [6.45, 7) is 1.91. The van der Waals surface area contributed by atoms with Gasteiger partial charge in [-0.15, -0.1) is 0 Å². The highest BCUT2D eigenvalue weighted by atomic mass is 32.2. The third kappa shape index (κ3) is 5.94. The number of methoxy groups -OCH3 is 1. The molecule has 1 aromatic rings. The zero-order valence-electron chi connectivity index (χ0n) is 12.0. The number of hydrogen-bond donors (Lipinski definition) is 1. The van der Waals surface area contributed by atoms with Gasteiger partial charge < -0.3 is 4.74 Å². The number of carbonyl (C=O) groups is 1. The van der Waals surface area contributed by atoms with Crippen molar-refractivity contribution in [1.82, 2.24) is 4.72 Å². The topological polar surface area (TPSA) is 89.5 Å². The van der Waals surface area contributed by atoms with E-state index in [-0.39, 0.29) is 29.6 Å². The molecule has 0 amide bonds. The number of rotatable bonds is 8. The highest BCUT2D eigenvalue weighted by Crippen LogP contribution is 2.11. The Morgan fingerprint density at radius 1 is 1.29 bits per heavy atom. The van der Waals surface area contributed by atoms with Crippen LogP contribution >= 0.6 is 0 Å². The first-order valence-corrected chi connectivity index (χ1v) is 9.36. The molecule has 0 radical (unpaired) electrons. The lowest BCUT2D eigenvalue weighted by Crippen LogP contribution is -2.28. The molecule has 8 heteroatoms. The Morgan fingerprint density at radius 3 is 2.43 bits per heavy atom. The van der Waals surface area contributed by atoms with Crippen molar-refractivity contribution in [2.75, 3.05) is 25.2 Å². The molecule has 0 saturated carbocycles. The number of ether oxygens (including phenoxy) is 1. The van der Waals surface area contributed by atoms with Gasteiger partial charge >= 0.3 is 5.97 Å². The monoisotopic (exact) mass is 333 g/mol. The number of carbonyl (C=O) groups excluding carboxylic acids is 1. The van der Waals surface area contributed by atoms with Crippen molar-refractivity contribution in [3.63, 3.8) is 0 Å². The highest BCUT2D eigenvalue weighted by molar-refractivity contribution is 7.89. The zero-order chi connectivity index (χ0) is 15.9. The van der Waals surface area contributed by atoms with E-state index in [1.54, 1.807) is 19.1 Å². The van der Waals surface area contributed by atoms with E-state index in [1.807, 2.05) is 0 Å². The van der Waals surface area contributed by atoms with Gasteiger partial charge in [0, 0.05) is 28.9 Å². The summed E-state index contributed by atoms with van der Waals surface area (Å²) in [6.07, 6.45) is 0.0970. The van der Waals surface area contributed by atoms with Gasteiger partial charge in [-0.1, -0.05) is 19.1 Å². The van der Waals surface area contributed by atoms with Gasteiger partial charge in [-0.3, -0.25) is 9.00 Å². The first kappa shape index (κ1) is 17.8. The lowest BCUT2D eigenvalue weighted by molar-refractivity contribution is -0.139. The summed E-state index contributed by atoms with van der Waals surface area (Å²) in [7, 11) is -3.33. The van der Waals surface area contributed by atoms with Gasteiger partial charge in [0.15, 0.2) is 0 Å². The quantitative estimate of drug-likeness (QED) is 0.698. The van der Waals surface area contributed by atoms with E-state index >= 15 is 0 Å². The second-order valence-corrected chi connectivity index (χ2v) is 7.86. The first-order chi connectivity index (χ1) is 9.89. The molecular weight excluding hydrogens is 314 g/mol. The molecule has 6 nitrogen and oxygen atoms in total. The number of sulfonamides is 1. The molecule has 0 spiro atoms. The molecule has 1 aromatic carbocycles. The van der Waals surface area contributed by atoms with E-state index in [0.717, 1.165) is 0 Å². The number of nitrogens with one attached hydrogen (secondary N) is 1. The second-order valence-electron chi connectivity index (χ2n) is 4.23. The van der Waals surface area contributed by atoms with Crippen LogP contribution < -0.4 is 4.72 Å². The van der Waals surface area contributed by atoms with Crippen LogP contribution in [-0.4, -0.2) is 43.8 Å². The maximum absolute atomic E-state index is 12.0. The summed E-state index contributed by atoms with van der Waals surface area (Å²) in [5.74, 6) is 0.408. The van der Waals surface area contributed by atoms with Crippen LogP contribution in [0.25, 0.3) is 0 Å². The van der Waals surface area contributed by atoms with Crippen LogP contribution in [0, 0.1) is 0 Å². The smallest absolute Gasteiger partial charge is 0.309 e. The molecule has 1 unspecified atom stereocenters. The van der Waals surface area contributed by atoms with Gasteiger partial charge in [-0.05, 0) is 17.7 Å². The third-order valence-corrected chi connectivity index (χ3v) is 5.53. The van der Waals surface area contributed by atoms with E-state index in [2.05, 4.69) is 9.46 Å². The van der Waals surface area contributed by atoms with Crippen LogP contribution in [0.15, 0.2) is 29.2 Å². The predicted octanol–water partition coefficient (Wildman–Crippen LogP) is 0.449. The molecule has 0 aromatic heterocycles. The summed E-state index contributed by atoms with van der Waals surface area (Å²) in [5, 5.41) is 0. The van der Waals surface area contributed by atoms with Crippen molar-refractivity contribution < 1.29 is 22.2 Å². The number of benzene rings is 1. The van der Waals surface area contributed by atoms with Crippen LogP contribution in [0.4, 0.5) is 0 Å². The molecule has 0 fully saturated rings. The van der Waals surface area contributed by atoms with Gasteiger partial charge in [0.05, 0.1) is 18.4 Å². The van der Waals surface area contributed by atoms with E-state index in [4.69, 9.17) is 0 Å². The summed E-state index contributed by atoms with van der Waals surface area (Å²) in [4.78, 5) is 11.2. The Labute approximate surface area is 127 Å². The Bertz CT molecular complexity index is 595. The van der Waals surface area contributed by atoms with Crippen molar-refractivity contribution >= 4 is 26.8 Å². The van der Waals surface area contributed by atoms with Crippen LogP contribution in [0.5, 0.6) is 0 Å². The largest absolute Gasteiger partial charge is 0.469 e. The van der Waals surface area contributed by atoms with E-state index in [0.29, 0.717) is 11.3 Å². The Hall–Kier alpha value is -1.25. The molecule has 118 valence electrons. The van der Waals surface area contributed by atoms with E-state index in [1.165, 1.54) is 19.2 Å². The molecule has 0 bridgehead atoms. The minimum Gasteiger partial charge on any atom is -0.469 e. The van der Waals surface area contributed by atoms with Gasteiger partial charge in [-0.25, -0.2) is 13.1 Å². The maximum Gasteiger partial charge on any atom is 0.309 e. The summed E-state index contributed by atoms with van der Waals surface area (Å²) in [5.41, 5.74) is 0.674. The van der Waals surface area contributed by atoms with Crippen LogP contribution in [0.2, 0.25) is 0 Å². The second kappa shape index (κ2) is 8.26. The molecule has 1 N–H and O–H groups in total. The fourth-order valence-electron chi connectivity index (χ4n) is 1.54. The van der Waals surface area contributed by atoms with Crippen LogP contribution in [0.1, 0.15) is 12.5 Å². The fraction of sp³-hybridized carbons (Fsp3) is 0.462. The Morgan fingerprint density at radius 2 is 1.90 bits per heavy atom. The van der Waals surface area contributed by atoms with Gasteiger partial charge in [0.2, 0.25) is 10.0 Å². The van der Waals surface area contributed by atoms with Crippen LogP contribution in [-0.2, 0) is 36.8 Å². The fourth-order valence-corrected chi connectivity index (χ4v) is 3.32. The third-order valence-electron chi connectivity index (χ3n) is 2.75. The van der Waals surface area contributed by atoms with Crippen molar-refractivity contribution in [2.24, 2.45) is 0 Å². The number of esters is 1. The van der Waals surface area contributed by atoms with Crippen molar-refractivity contribution in [2.45, 2.75) is 18.2 Å². The van der Waals surface area contributed by atoms with Crippen molar-refractivity contribution in [3.8, 4) is 0 Å². The Kier molecular flexibility index (Phi) is 7.00. The normalized spacial score (nSPS) is 12.9. The first-order valence-electron chi connectivity index (χ1n) is 6.39. The molecule has 1 rings (SSSR count). The summed E-state index contributed by atoms with van der Waals surface area (Å²) < 4.78 is 42.2. The Balaban J connectivity index is 2.67. The van der Waals surface area contributed by atoms with E-state index in [9.17, 15) is 17.4 Å². The molecule has 1 atom stereocenters. The summed E-state index contributed by atoms with van der Waals surface area (Å²) >= 11 is 0. The maximum atomic E-state index is 12.0. The number of hydrogen-bond acceptors (Lipinski definition) is 5. The lowest BCUT2D eigenvalue weighted by Gasteiger charge is -2.07. The molecule has 0 aliphatic heterocycles. The average Bonchev–Trinajstić information content (AvgIpc) is 2.47. The standard InChI is InChI=1S/C13H19NO5S2/c1-3-20(16)9-8-14-21(17,18)12-6-4-11(5-7-12)10-13(15)19-2/h4-7,14H,3,8-10H2,1-2H3. The molecule has 0 aliphatic rings. The molecule has 0 saturated heterocycles.